The van der Waals surface area contributed by atoms with Crippen molar-refractivity contribution in [2.45, 2.75) is 32.1 Å². The highest BCUT2D eigenvalue weighted by Gasteiger charge is 2.29. The Morgan fingerprint density at radius 3 is 2.82 bits per heavy atom. The number of nitrogens with one attached hydrogen (secondary N) is 1. The standard InChI is InChI=1S/C21H24N2O5/c1-14-10-19-20(27-9-8-26-19)11-16(14)21(24)23-17-13-25-7-5-18(17)28-12-15-4-2-3-6-22-15/h2-4,6,10-11,17-18H,5,7-9,12-13H2,1H3,(H,23,24). The lowest BCUT2D eigenvalue weighted by Crippen LogP contribution is -2.50. The van der Waals surface area contributed by atoms with Crippen molar-refractivity contribution in [2.24, 2.45) is 0 Å². The van der Waals surface area contributed by atoms with Crippen LogP contribution in [0.5, 0.6) is 11.5 Å². The van der Waals surface area contributed by atoms with Crippen molar-refractivity contribution >= 4 is 5.91 Å². The van der Waals surface area contributed by atoms with Gasteiger partial charge in [0.15, 0.2) is 11.5 Å². The molecule has 2 aliphatic rings. The van der Waals surface area contributed by atoms with E-state index in [0.717, 1.165) is 17.7 Å². The van der Waals surface area contributed by atoms with Gasteiger partial charge >= 0.3 is 0 Å². The van der Waals surface area contributed by atoms with E-state index in [2.05, 4.69) is 10.3 Å². The molecule has 2 aromatic rings. The Bertz CT molecular complexity index is 827. The van der Waals surface area contributed by atoms with Gasteiger partial charge in [-0.3, -0.25) is 9.78 Å². The first-order valence-electron chi connectivity index (χ1n) is 9.51. The quantitative estimate of drug-likeness (QED) is 0.852. The molecule has 2 unspecified atom stereocenters. The maximum Gasteiger partial charge on any atom is 0.252 e. The third-order valence-electron chi connectivity index (χ3n) is 4.91. The molecule has 1 fully saturated rings. The van der Waals surface area contributed by atoms with Crippen LogP contribution in [-0.4, -0.2) is 49.5 Å². The number of rotatable bonds is 5. The van der Waals surface area contributed by atoms with Crippen molar-refractivity contribution in [3.05, 3.63) is 53.3 Å². The van der Waals surface area contributed by atoms with Crippen LogP contribution in [0, 0.1) is 6.92 Å². The molecule has 28 heavy (non-hydrogen) atoms. The molecule has 4 rings (SSSR count). The minimum Gasteiger partial charge on any atom is -0.486 e. The van der Waals surface area contributed by atoms with Gasteiger partial charge in [0.1, 0.15) is 13.2 Å². The molecule has 0 bridgehead atoms. The average molecular weight is 384 g/mol. The summed E-state index contributed by atoms with van der Waals surface area (Å²) in [5.41, 5.74) is 2.27. The Balaban J connectivity index is 1.43. The van der Waals surface area contributed by atoms with Gasteiger partial charge in [-0.1, -0.05) is 6.07 Å². The predicted octanol–water partition coefficient (Wildman–Crippen LogP) is 2.27. The van der Waals surface area contributed by atoms with Crippen molar-refractivity contribution in [1.82, 2.24) is 10.3 Å². The number of hydrogen-bond donors (Lipinski definition) is 1. The molecule has 0 spiro atoms. The molecule has 2 atom stereocenters. The number of benzene rings is 1. The number of pyridine rings is 1. The summed E-state index contributed by atoms with van der Waals surface area (Å²) in [6.07, 6.45) is 2.34. The summed E-state index contributed by atoms with van der Waals surface area (Å²) >= 11 is 0. The lowest BCUT2D eigenvalue weighted by molar-refractivity contribution is -0.0612. The summed E-state index contributed by atoms with van der Waals surface area (Å²) in [6.45, 7) is 4.33. The number of fused-ring (bicyclic) bond motifs is 1. The van der Waals surface area contributed by atoms with Gasteiger partial charge in [-0.2, -0.15) is 0 Å². The number of hydrogen-bond acceptors (Lipinski definition) is 6. The normalized spacial score (nSPS) is 21.2. The van der Waals surface area contributed by atoms with Crippen molar-refractivity contribution in [2.75, 3.05) is 26.4 Å². The van der Waals surface area contributed by atoms with E-state index in [1.807, 2.05) is 31.2 Å². The molecule has 1 saturated heterocycles. The Kier molecular flexibility index (Phi) is 5.73. The van der Waals surface area contributed by atoms with Gasteiger partial charge in [-0.05, 0) is 43.2 Å². The SMILES string of the molecule is Cc1cc2c(cc1C(=O)NC1COCCC1OCc1ccccn1)OCCO2. The maximum absolute atomic E-state index is 12.9. The molecular formula is C21H24N2O5. The van der Waals surface area contributed by atoms with Crippen LogP contribution in [-0.2, 0) is 16.1 Å². The van der Waals surface area contributed by atoms with E-state index in [4.69, 9.17) is 18.9 Å². The summed E-state index contributed by atoms with van der Waals surface area (Å²) in [5, 5.41) is 3.06. The summed E-state index contributed by atoms with van der Waals surface area (Å²) in [6, 6.07) is 9.09. The second-order valence-corrected chi connectivity index (χ2v) is 6.92. The zero-order valence-electron chi connectivity index (χ0n) is 15.8. The topological polar surface area (TPSA) is 78.9 Å². The van der Waals surface area contributed by atoms with E-state index in [9.17, 15) is 4.79 Å². The fraction of sp³-hybridized carbons (Fsp3) is 0.429. The lowest BCUT2D eigenvalue weighted by Gasteiger charge is -2.32. The van der Waals surface area contributed by atoms with Gasteiger partial charge in [0.25, 0.3) is 5.91 Å². The number of amides is 1. The zero-order chi connectivity index (χ0) is 19.3. The van der Waals surface area contributed by atoms with E-state index in [-0.39, 0.29) is 18.1 Å². The molecule has 7 nitrogen and oxygen atoms in total. The Labute approximate surface area is 164 Å². The molecule has 2 aliphatic heterocycles. The highest BCUT2D eigenvalue weighted by molar-refractivity contribution is 5.96. The minimum atomic E-state index is -0.224. The van der Waals surface area contributed by atoms with Crippen molar-refractivity contribution in [3.63, 3.8) is 0 Å². The molecule has 1 amide bonds. The smallest absolute Gasteiger partial charge is 0.252 e. The molecule has 0 aliphatic carbocycles. The third kappa shape index (κ3) is 4.26. The van der Waals surface area contributed by atoms with E-state index < -0.39 is 0 Å². The number of carbonyl (C=O) groups is 1. The van der Waals surface area contributed by atoms with E-state index in [1.54, 1.807) is 12.3 Å². The van der Waals surface area contributed by atoms with Crippen LogP contribution >= 0.6 is 0 Å². The number of aromatic nitrogens is 1. The Morgan fingerprint density at radius 1 is 1.21 bits per heavy atom. The van der Waals surface area contributed by atoms with Crippen molar-refractivity contribution in [1.29, 1.82) is 0 Å². The fourth-order valence-electron chi connectivity index (χ4n) is 3.41. The summed E-state index contributed by atoms with van der Waals surface area (Å²) < 4.78 is 22.8. The second-order valence-electron chi connectivity index (χ2n) is 6.92. The molecule has 1 N–H and O–H groups in total. The predicted molar refractivity (Wildman–Crippen MR) is 102 cm³/mol. The molecule has 1 aromatic carbocycles. The first-order valence-corrected chi connectivity index (χ1v) is 9.51. The summed E-state index contributed by atoms with van der Waals surface area (Å²) in [7, 11) is 0. The molecule has 0 radical (unpaired) electrons. The number of nitrogens with zero attached hydrogens (tertiary/aromatic N) is 1. The molecule has 148 valence electrons. The monoisotopic (exact) mass is 384 g/mol. The van der Waals surface area contributed by atoms with Crippen LogP contribution in [0.2, 0.25) is 0 Å². The zero-order valence-corrected chi connectivity index (χ0v) is 15.8. The Morgan fingerprint density at radius 2 is 2.04 bits per heavy atom. The Hall–Kier alpha value is -2.64. The molecular weight excluding hydrogens is 360 g/mol. The van der Waals surface area contributed by atoms with Gasteiger partial charge < -0.3 is 24.3 Å². The van der Waals surface area contributed by atoms with Crippen LogP contribution in [0.1, 0.15) is 28.0 Å². The van der Waals surface area contributed by atoms with Gasteiger partial charge in [0.2, 0.25) is 0 Å². The van der Waals surface area contributed by atoms with Gasteiger partial charge in [-0.15, -0.1) is 0 Å². The number of aryl methyl sites for hydroxylation is 1. The lowest BCUT2D eigenvalue weighted by atomic mass is 10.0. The van der Waals surface area contributed by atoms with E-state index in [0.29, 0.717) is 50.1 Å². The molecule has 3 heterocycles. The van der Waals surface area contributed by atoms with Crippen molar-refractivity contribution < 1.29 is 23.7 Å². The van der Waals surface area contributed by atoms with Gasteiger partial charge in [0, 0.05) is 18.4 Å². The van der Waals surface area contributed by atoms with Crippen LogP contribution < -0.4 is 14.8 Å². The van der Waals surface area contributed by atoms with Crippen LogP contribution in [0.15, 0.2) is 36.5 Å². The first kappa shape index (κ1) is 18.7. The maximum atomic E-state index is 12.9. The molecule has 7 heteroatoms. The van der Waals surface area contributed by atoms with Crippen LogP contribution in [0.4, 0.5) is 0 Å². The van der Waals surface area contributed by atoms with E-state index in [1.165, 1.54) is 0 Å². The molecule has 1 aromatic heterocycles. The van der Waals surface area contributed by atoms with Gasteiger partial charge in [0.05, 0.1) is 31.1 Å². The fourth-order valence-corrected chi connectivity index (χ4v) is 3.41. The van der Waals surface area contributed by atoms with Crippen molar-refractivity contribution in [3.8, 4) is 11.5 Å². The number of carbonyl (C=O) groups excluding carboxylic acids is 1. The molecule has 0 saturated carbocycles. The highest BCUT2D eigenvalue weighted by atomic mass is 16.6. The van der Waals surface area contributed by atoms with Gasteiger partial charge in [-0.25, -0.2) is 0 Å². The second kappa shape index (κ2) is 8.58. The summed E-state index contributed by atoms with van der Waals surface area (Å²) in [5.74, 6) is 1.11. The van der Waals surface area contributed by atoms with Crippen LogP contribution in [0.3, 0.4) is 0 Å². The average Bonchev–Trinajstić information content (AvgIpc) is 2.73. The minimum absolute atomic E-state index is 0.128. The van der Waals surface area contributed by atoms with Crippen LogP contribution in [0.25, 0.3) is 0 Å². The summed E-state index contributed by atoms with van der Waals surface area (Å²) in [4.78, 5) is 17.2. The largest absolute Gasteiger partial charge is 0.486 e. The highest BCUT2D eigenvalue weighted by Crippen LogP contribution is 2.33. The van der Waals surface area contributed by atoms with E-state index >= 15 is 0 Å². The number of ether oxygens (including phenoxy) is 4. The first-order chi connectivity index (χ1) is 13.7. The third-order valence-corrected chi connectivity index (χ3v) is 4.91.